The van der Waals surface area contributed by atoms with Gasteiger partial charge in [0.2, 0.25) is 0 Å². The second-order valence-corrected chi connectivity index (χ2v) is 2.35. The summed E-state index contributed by atoms with van der Waals surface area (Å²) >= 11 is 0. The van der Waals surface area contributed by atoms with E-state index in [9.17, 15) is 0 Å². The normalized spacial score (nSPS) is 36.7. The van der Waals surface area contributed by atoms with E-state index in [0.717, 1.165) is 0 Å². The average Bonchev–Trinajstić information content (AvgIpc) is 1.90. The third-order valence-corrected chi connectivity index (χ3v) is 1.40. The highest BCUT2D eigenvalue weighted by molar-refractivity contribution is 4.70. The van der Waals surface area contributed by atoms with Gasteiger partial charge in [0, 0.05) is 12.6 Å². The first-order chi connectivity index (χ1) is 4.33. The van der Waals surface area contributed by atoms with Crippen molar-refractivity contribution in [3.63, 3.8) is 0 Å². The van der Waals surface area contributed by atoms with Crippen molar-refractivity contribution in [2.24, 2.45) is 0 Å². The molecule has 0 unspecified atom stereocenters. The summed E-state index contributed by atoms with van der Waals surface area (Å²) in [5, 5.41) is 12.8. The summed E-state index contributed by atoms with van der Waals surface area (Å²) in [5.74, 6) is 0. The molecule has 53 valence electrons. The van der Waals surface area contributed by atoms with Gasteiger partial charge in [-0.15, -0.1) is 0 Å². The van der Waals surface area contributed by atoms with Crippen molar-refractivity contribution >= 4 is 0 Å². The second-order valence-electron chi connectivity index (χ2n) is 2.35. The minimum Gasteiger partial charge on any atom is -0.394 e. The first-order valence-corrected chi connectivity index (χ1v) is 3.22. The van der Waals surface area contributed by atoms with Crippen molar-refractivity contribution in [3.8, 4) is 0 Å². The summed E-state index contributed by atoms with van der Waals surface area (Å²) in [4.78, 5) is 0. The molecule has 0 aromatic carbocycles. The van der Waals surface area contributed by atoms with Gasteiger partial charge in [0.1, 0.15) is 0 Å². The van der Waals surface area contributed by atoms with E-state index in [1.165, 1.54) is 0 Å². The van der Waals surface area contributed by atoms with Crippen molar-refractivity contribution in [2.45, 2.75) is 19.1 Å². The van der Waals surface area contributed by atoms with Gasteiger partial charge in [-0.2, -0.15) is 0 Å². The molecular weight excluding hydrogens is 118 g/mol. The summed E-state index contributed by atoms with van der Waals surface area (Å²) in [6, 6.07) is 0.313. The van der Waals surface area contributed by atoms with Gasteiger partial charge in [-0.25, -0.2) is 5.32 Å². The summed E-state index contributed by atoms with van der Waals surface area (Å²) in [7, 11) is 0. The molecule has 0 aromatic rings. The van der Waals surface area contributed by atoms with Gasteiger partial charge in [-0.1, -0.05) is 0 Å². The number of ether oxygens (including phenoxy) is 1. The predicted octanol–water partition coefficient (Wildman–Crippen LogP) is -0.630. The Morgan fingerprint density at radius 1 is 1.78 bits per heavy atom. The molecule has 1 aliphatic rings. The van der Waals surface area contributed by atoms with Crippen LogP contribution in [0.4, 0.5) is 0 Å². The van der Waals surface area contributed by atoms with Gasteiger partial charge in [0.05, 0.1) is 19.3 Å². The lowest BCUT2D eigenvalue weighted by Crippen LogP contribution is -2.41. The quantitative estimate of drug-likeness (QED) is 0.513. The molecule has 3 heteroatoms. The van der Waals surface area contributed by atoms with E-state index in [-0.39, 0.29) is 12.7 Å². The lowest BCUT2D eigenvalue weighted by molar-refractivity contribution is -0.0238. The fourth-order valence-electron chi connectivity index (χ4n) is 0.789. The molecular formula is C6H12NO2. The molecule has 1 radical (unpaired) electrons. The molecule has 1 saturated heterocycles. The standard InChI is InChI=1S/C6H12NO2/c1-5-4-9-6(3-8)2-7-5/h5-6,8H,2-4H2,1H3/t5-,6+/m1/s1. The first-order valence-electron chi connectivity index (χ1n) is 3.22. The molecule has 0 aromatic heterocycles. The molecule has 0 bridgehead atoms. The van der Waals surface area contributed by atoms with Gasteiger partial charge in [-0.05, 0) is 6.92 Å². The number of aliphatic hydroxyl groups is 1. The Morgan fingerprint density at radius 2 is 2.56 bits per heavy atom. The largest absolute Gasteiger partial charge is 0.394 e. The average molecular weight is 130 g/mol. The molecule has 2 atom stereocenters. The summed E-state index contributed by atoms with van der Waals surface area (Å²) in [6.45, 7) is 3.41. The molecule has 1 heterocycles. The Morgan fingerprint density at radius 3 is 3.00 bits per heavy atom. The van der Waals surface area contributed by atoms with E-state index >= 15 is 0 Å². The zero-order chi connectivity index (χ0) is 6.69. The number of aliphatic hydroxyl groups excluding tert-OH is 1. The van der Waals surface area contributed by atoms with Gasteiger partial charge in [0.15, 0.2) is 0 Å². The van der Waals surface area contributed by atoms with Crippen LogP contribution in [0.5, 0.6) is 0 Å². The highest BCUT2D eigenvalue weighted by Gasteiger charge is 2.17. The zero-order valence-electron chi connectivity index (χ0n) is 5.58. The van der Waals surface area contributed by atoms with E-state index in [0.29, 0.717) is 19.2 Å². The number of nitrogens with zero attached hydrogens (tertiary/aromatic N) is 1. The molecule has 1 N–H and O–H groups in total. The highest BCUT2D eigenvalue weighted by Crippen LogP contribution is 2.00. The molecule has 0 aliphatic carbocycles. The maximum Gasteiger partial charge on any atom is 0.0947 e. The Labute approximate surface area is 55.0 Å². The van der Waals surface area contributed by atoms with E-state index in [4.69, 9.17) is 9.84 Å². The van der Waals surface area contributed by atoms with E-state index < -0.39 is 0 Å². The Kier molecular flexibility index (Phi) is 2.45. The van der Waals surface area contributed by atoms with E-state index in [2.05, 4.69) is 5.32 Å². The minimum atomic E-state index is -0.0406. The topological polar surface area (TPSA) is 43.6 Å². The molecule has 0 saturated carbocycles. The summed E-state index contributed by atoms with van der Waals surface area (Å²) in [6.07, 6.45) is -0.0406. The van der Waals surface area contributed by atoms with E-state index in [1.54, 1.807) is 0 Å². The van der Waals surface area contributed by atoms with E-state index in [1.807, 2.05) is 6.92 Å². The third-order valence-electron chi connectivity index (χ3n) is 1.40. The summed E-state index contributed by atoms with van der Waals surface area (Å²) in [5.41, 5.74) is 0. The second kappa shape index (κ2) is 3.15. The lowest BCUT2D eigenvalue weighted by atomic mass is 10.2. The van der Waals surface area contributed by atoms with Crippen LogP contribution in [0.25, 0.3) is 0 Å². The monoisotopic (exact) mass is 130 g/mol. The Balaban J connectivity index is 2.18. The lowest BCUT2D eigenvalue weighted by Gasteiger charge is -2.24. The van der Waals surface area contributed by atoms with Crippen molar-refractivity contribution < 1.29 is 9.84 Å². The van der Waals surface area contributed by atoms with Crippen LogP contribution in [0, 0.1) is 0 Å². The van der Waals surface area contributed by atoms with Crippen molar-refractivity contribution in [1.82, 2.24) is 5.32 Å². The van der Waals surface area contributed by atoms with Gasteiger partial charge in [-0.3, -0.25) is 0 Å². The molecule has 1 rings (SSSR count). The van der Waals surface area contributed by atoms with Crippen LogP contribution in [-0.4, -0.2) is 37.0 Å². The fourth-order valence-corrected chi connectivity index (χ4v) is 0.789. The number of morpholine rings is 1. The Bertz CT molecular complexity index is 79.1. The van der Waals surface area contributed by atoms with Crippen LogP contribution in [0.1, 0.15) is 6.92 Å². The van der Waals surface area contributed by atoms with Gasteiger partial charge < -0.3 is 9.84 Å². The smallest absolute Gasteiger partial charge is 0.0947 e. The molecule has 1 fully saturated rings. The van der Waals surface area contributed by atoms with Crippen molar-refractivity contribution in [3.05, 3.63) is 0 Å². The van der Waals surface area contributed by atoms with Crippen LogP contribution in [-0.2, 0) is 4.74 Å². The molecule has 3 nitrogen and oxygen atoms in total. The van der Waals surface area contributed by atoms with Crippen molar-refractivity contribution in [2.75, 3.05) is 19.8 Å². The molecule has 1 aliphatic heterocycles. The molecule has 0 amide bonds. The maximum atomic E-state index is 8.59. The maximum absolute atomic E-state index is 8.59. The van der Waals surface area contributed by atoms with Crippen LogP contribution in [0.15, 0.2) is 0 Å². The van der Waals surface area contributed by atoms with Crippen molar-refractivity contribution in [1.29, 1.82) is 0 Å². The third kappa shape index (κ3) is 1.93. The predicted molar refractivity (Wildman–Crippen MR) is 33.3 cm³/mol. The van der Waals surface area contributed by atoms with Gasteiger partial charge >= 0.3 is 0 Å². The summed E-state index contributed by atoms with van der Waals surface area (Å²) < 4.78 is 5.20. The zero-order valence-corrected chi connectivity index (χ0v) is 5.58. The minimum absolute atomic E-state index is 0.0406. The van der Waals surface area contributed by atoms with Crippen LogP contribution in [0.2, 0.25) is 0 Å². The molecule has 9 heavy (non-hydrogen) atoms. The van der Waals surface area contributed by atoms with Gasteiger partial charge in [0.25, 0.3) is 0 Å². The highest BCUT2D eigenvalue weighted by atomic mass is 16.5. The first kappa shape index (κ1) is 6.99. The van der Waals surface area contributed by atoms with Crippen LogP contribution in [0.3, 0.4) is 0 Å². The SMILES string of the molecule is C[C@@H]1CO[C@H](CO)C[N]1. The molecule has 0 spiro atoms. The number of rotatable bonds is 1. The van der Waals surface area contributed by atoms with Crippen LogP contribution >= 0.6 is 0 Å². The fraction of sp³-hybridized carbons (Fsp3) is 1.00. The van der Waals surface area contributed by atoms with Crippen LogP contribution < -0.4 is 5.32 Å². The number of hydrogen-bond donors (Lipinski definition) is 1. The number of hydrogen-bond acceptors (Lipinski definition) is 2. The Hall–Kier alpha value is -0.120.